The first-order chi connectivity index (χ1) is 16.3. The van der Waals surface area contributed by atoms with Crippen LogP contribution in [0.5, 0.6) is 11.5 Å². The van der Waals surface area contributed by atoms with E-state index in [-0.39, 0.29) is 16.4 Å². The Morgan fingerprint density at radius 1 is 1.15 bits per heavy atom. The molecular formula is C23H24N4O6S. The van der Waals surface area contributed by atoms with Crippen molar-refractivity contribution in [3.8, 4) is 11.5 Å². The molecule has 3 aromatic rings. The minimum Gasteiger partial charge on any atom is -0.493 e. The zero-order chi connectivity index (χ0) is 24.6. The predicted molar refractivity (Wildman–Crippen MR) is 128 cm³/mol. The summed E-state index contributed by atoms with van der Waals surface area (Å²) in [4.78, 5) is 26.1. The van der Waals surface area contributed by atoms with Crippen molar-refractivity contribution in [2.75, 3.05) is 37.7 Å². The maximum atomic E-state index is 13.0. The molecule has 0 saturated carbocycles. The number of rotatable bonds is 6. The number of benzene rings is 1. The van der Waals surface area contributed by atoms with Crippen LogP contribution in [0.4, 0.5) is 16.5 Å². The Balaban J connectivity index is 1.84. The number of anilines is 3. The molecule has 2 aromatic heterocycles. The second-order valence-electron chi connectivity index (χ2n) is 7.57. The van der Waals surface area contributed by atoms with E-state index in [4.69, 9.17) is 24.5 Å². The Morgan fingerprint density at radius 2 is 1.88 bits per heavy atom. The van der Waals surface area contributed by atoms with Gasteiger partial charge >= 0.3 is 5.97 Å². The number of esters is 1. The number of nitrogens with one attached hydrogen (secondary N) is 2. The average molecular weight is 485 g/mol. The quantitative estimate of drug-likeness (QED) is 0.445. The summed E-state index contributed by atoms with van der Waals surface area (Å²) in [6.45, 7) is 3.50. The standard InChI is InChI=1S/C23H24N4O6S/c1-10-8-15(27-33-10)26-21(28)20-19(24)18-17(12-6-7-13(30-3)14(9-12)31-4)16(23(29)32-5)11(2)25-22(18)34-20/h6-9,17,25H,24H2,1-5H3,(H,26,27,28)/t17-/m0/s1. The number of hydrogen-bond acceptors (Lipinski definition) is 10. The van der Waals surface area contributed by atoms with Crippen molar-refractivity contribution >= 4 is 39.7 Å². The van der Waals surface area contributed by atoms with Crippen LogP contribution >= 0.6 is 11.3 Å². The van der Waals surface area contributed by atoms with E-state index < -0.39 is 17.8 Å². The van der Waals surface area contributed by atoms with Crippen LogP contribution < -0.4 is 25.8 Å². The van der Waals surface area contributed by atoms with E-state index in [0.29, 0.717) is 39.1 Å². The van der Waals surface area contributed by atoms with Crippen molar-refractivity contribution in [2.24, 2.45) is 0 Å². The molecule has 0 saturated heterocycles. The molecule has 3 heterocycles. The molecule has 11 heteroatoms. The van der Waals surface area contributed by atoms with Crippen molar-refractivity contribution in [1.29, 1.82) is 0 Å². The molecule has 1 atom stereocenters. The number of allylic oxidation sites excluding steroid dienone is 1. The van der Waals surface area contributed by atoms with Gasteiger partial charge in [0.25, 0.3) is 5.91 Å². The summed E-state index contributed by atoms with van der Waals surface area (Å²) in [5, 5.41) is 10.3. The molecule has 0 fully saturated rings. The molecule has 0 spiro atoms. The van der Waals surface area contributed by atoms with E-state index in [0.717, 1.165) is 5.56 Å². The number of thiophene rings is 1. The molecule has 1 aliphatic heterocycles. The number of nitrogens with two attached hydrogens (primary N) is 1. The maximum Gasteiger partial charge on any atom is 0.336 e. The maximum absolute atomic E-state index is 13.0. The van der Waals surface area contributed by atoms with Crippen molar-refractivity contribution in [1.82, 2.24) is 5.16 Å². The zero-order valence-electron chi connectivity index (χ0n) is 19.3. The minimum absolute atomic E-state index is 0.249. The number of aryl methyl sites for hydroxylation is 1. The lowest BCUT2D eigenvalue weighted by atomic mass is 9.81. The summed E-state index contributed by atoms with van der Waals surface area (Å²) in [6.07, 6.45) is 0. The highest BCUT2D eigenvalue weighted by Crippen LogP contribution is 2.51. The first-order valence-corrected chi connectivity index (χ1v) is 11.1. The van der Waals surface area contributed by atoms with Crippen LogP contribution in [0.25, 0.3) is 0 Å². The summed E-state index contributed by atoms with van der Waals surface area (Å²) >= 11 is 1.19. The number of nitrogens with zero attached hydrogens (tertiary/aromatic N) is 1. The highest BCUT2D eigenvalue weighted by atomic mass is 32.1. The monoisotopic (exact) mass is 484 g/mol. The smallest absolute Gasteiger partial charge is 0.336 e. The molecule has 0 aliphatic carbocycles. The van der Waals surface area contributed by atoms with E-state index in [9.17, 15) is 9.59 Å². The van der Waals surface area contributed by atoms with Gasteiger partial charge in [-0.15, -0.1) is 11.3 Å². The van der Waals surface area contributed by atoms with Gasteiger partial charge in [-0.1, -0.05) is 11.2 Å². The summed E-state index contributed by atoms with van der Waals surface area (Å²) in [5.41, 5.74) is 9.08. The Morgan fingerprint density at radius 3 is 2.50 bits per heavy atom. The highest BCUT2D eigenvalue weighted by Gasteiger charge is 2.38. The Bertz CT molecular complexity index is 1310. The van der Waals surface area contributed by atoms with Gasteiger partial charge in [0.15, 0.2) is 17.3 Å². The fraction of sp³-hybridized carbons (Fsp3) is 0.261. The minimum atomic E-state index is -0.601. The molecule has 4 N–H and O–H groups in total. The van der Waals surface area contributed by atoms with Gasteiger partial charge in [-0.3, -0.25) is 4.79 Å². The van der Waals surface area contributed by atoms with Crippen LogP contribution in [0, 0.1) is 6.92 Å². The van der Waals surface area contributed by atoms with Gasteiger partial charge < -0.3 is 35.1 Å². The fourth-order valence-electron chi connectivity index (χ4n) is 3.95. The van der Waals surface area contributed by atoms with Crippen molar-refractivity contribution in [2.45, 2.75) is 19.8 Å². The Kier molecular flexibility index (Phi) is 6.20. The van der Waals surface area contributed by atoms with Crippen LogP contribution in [0.15, 0.2) is 40.1 Å². The van der Waals surface area contributed by atoms with Crippen LogP contribution in [0.2, 0.25) is 0 Å². The highest BCUT2D eigenvalue weighted by molar-refractivity contribution is 7.19. The van der Waals surface area contributed by atoms with Crippen LogP contribution in [0.3, 0.4) is 0 Å². The molecule has 178 valence electrons. The van der Waals surface area contributed by atoms with Crippen LogP contribution in [-0.4, -0.2) is 38.4 Å². The molecule has 0 radical (unpaired) electrons. The molecule has 34 heavy (non-hydrogen) atoms. The molecule has 0 bridgehead atoms. The van der Waals surface area contributed by atoms with E-state index in [1.807, 2.05) is 6.07 Å². The molecule has 1 amide bonds. The van der Waals surface area contributed by atoms with Gasteiger partial charge in [0.05, 0.1) is 37.6 Å². The summed E-state index contributed by atoms with van der Waals surface area (Å²) in [7, 11) is 4.40. The van der Waals surface area contributed by atoms with E-state index in [1.165, 1.54) is 25.6 Å². The van der Waals surface area contributed by atoms with E-state index in [2.05, 4.69) is 15.8 Å². The molecule has 1 aliphatic rings. The van der Waals surface area contributed by atoms with Gasteiger partial charge in [0.1, 0.15) is 10.6 Å². The van der Waals surface area contributed by atoms with Crippen LogP contribution in [-0.2, 0) is 9.53 Å². The average Bonchev–Trinajstić information content (AvgIpc) is 3.39. The SMILES string of the molecule is COC(=O)C1=C(C)Nc2sc(C(=O)Nc3cc(C)on3)c(N)c2[C@H]1c1ccc(OC)c(OC)c1. The van der Waals surface area contributed by atoms with Gasteiger partial charge in [0.2, 0.25) is 0 Å². The third-order valence-corrected chi connectivity index (χ3v) is 6.62. The number of hydrogen-bond donors (Lipinski definition) is 3. The third-order valence-electron chi connectivity index (χ3n) is 5.49. The first-order valence-electron chi connectivity index (χ1n) is 10.2. The zero-order valence-corrected chi connectivity index (χ0v) is 20.1. The number of ether oxygens (including phenoxy) is 3. The summed E-state index contributed by atoms with van der Waals surface area (Å²) in [5.74, 6) is 0.335. The number of amides is 1. The molecular weight excluding hydrogens is 460 g/mol. The summed E-state index contributed by atoms with van der Waals surface area (Å²) < 4.78 is 20.9. The number of fused-ring (bicyclic) bond motifs is 1. The number of nitrogen functional groups attached to an aromatic ring is 1. The largest absolute Gasteiger partial charge is 0.493 e. The van der Waals surface area contributed by atoms with Gasteiger partial charge in [-0.2, -0.15) is 0 Å². The Hall–Kier alpha value is -3.99. The first kappa shape index (κ1) is 23.2. The molecule has 0 unspecified atom stereocenters. The fourth-order valence-corrected chi connectivity index (χ4v) is 5.06. The second kappa shape index (κ2) is 9.10. The van der Waals surface area contributed by atoms with Crippen molar-refractivity contribution in [3.05, 3.63) is 57.3 Å². The van der Waals surface area contributed by atoms with Gasteiger partial charge in [-0.25, -0.2) is 4.79 Å². The van der Waals surface area contributed by atoms with E-state index >= 15 is 0 Å². The molecule has 4 rings (SSSR count). The topological polar surface area (TPSA) is 138 Å². The van der Waals surface area contributed by atoms with Gasteiger partial charge in [0, 0.05) is 23.2 Å². The summed E-state index contributed by atoms with van der Waals surface area (Å²) in [6, 6.07) is 6.97. The van der Waals surface area contributed by atoms with Crippen LogP contribution in [0.1, 0.15) is 39.4 Å². The normalized spacial score (nSPS) is 14.8. The lowest BCUT2D eigenvalue weighted by Gasteiger charge is -2.28. The van der Waals surface area contributed by atoms with Crippen molar-refractivity contribution < 1.29 is 28.3 Å². The predicted octanol–water partition coefficient (Wildman–Crippen LogP) is 3.90. The molecule has 1 aromatic carbocycles. The van der Waals surface area contributed by atoms with Crippen molar-refractivity contribution in [3.63, 3.8) is 0 Å². The number of carbonyl (C=O) groups excluding carboxylic acids is 2. The number of methoxy groups -OCH3 is 3. The Labute approximate surface area is 199 Å². The lowest BCUT2D eigenvalue weighted by molar-refractivity contribution is -0.136. The number of carbonyl (C=O) groups is 2. The number of aromatic nitrogens is 1. The van der Waals surface area contributed by atoms with Gasteiger partial charge in [-0.05, 0) is 31.5 Å². The van der Waals surface area contributed by atoms with E-state index in [1.54, 1.807) is 39.2 Å². The third kappa shape index (κ3) is 3.94. The second-order valence-corrected chi connectivity index (χ2v) is 8.59. The lowest BCUT2D eigenvalue weighted by Crippen LogP contribution is -2.23. The molecule has 10 nitrogen and oxygen atoms in total.